The predicted molar refractivity (Wildman–Crippen MR) is 108 cm³/mol. The zero-order chi connectivity index (χ0) is 21.5. The van der Waals surface area contributed by atoms with Gasteiger partial charge in [-0.25, -0.2) is 17.6 Å². The van der Waals surface area contributed by atoms with Crippen molar-refractivity contribution in [2.24, 2.45) is 23.3 Å². The van der Waals surface area contributed by atoms with Crippen molar-refractivity contribution < 1.29 is 36.6 Å². The zero-order valence-corrected chi connectivity index (χ0v) is 18.7. The van der Waals surface area contributed by atoms with Crippen LogP contribution >= 0.6 is 24.8 Å². The summed E-state index contributed by atoms with van der Waals surface area (Å²) in [4.78, 5) is 22.5. The van der Waals surface area contributed by atoms with Crippen LogP contribution < -0.4 is 11.5 Å². The van der Waals surface area contributed by atoms with Crippen LogP contribution in [-0.2, 0) is 19.1 Å². The van der Waals surface area contributed by atoms with E-state index in [2.05, 4.69) is 0 Å². The fourth-order valence-electron chi connectivity index (χ4n) is 3.32. The maximum atomic E-state index is 13.0. The van der Waals surface area contributed by atoms with E-state index in [1.165, 1.54) is 0 Å². The molecule has 6 nitrogen and oxygen atoms in total. The van der Waals surface area contributed by atoms with Gasteiger partial charge in [-0.15, -0.1) is 24.8 Å². The van der Waals surface area contributed by atoms with Gasteiger partial charge < -0.3 is 20.9 Å². The summed E-state index contributed by atoms with van der Waals surface area (Å²) in [6.07, 6.45) is -1.07. The first kappa shape index (κ1) is 31.3. The fourth-order valence-corrected chi connectivity index (χ4v) is 3.32. The average molecular weight is 487 g/mol. The van der Waals surface area contributed by atoms with Gasteiger partial charge in [0.2, 0.25) is 11.8 Å². The van der Waals surface area contributed by atoms with Gasteiger partial charge in [-0.2, -0.15) is 0 Å². The Kier molecular flexibility index (Phi) is 14.2. The van der Waals surface area contributed by atoms with Crippen molar-refractivity contribution in [3.8, 4) is 0 Å². The van der Waals surface area contributed by atoms with Crippen LogP contribution in [0.4, 0.5) is 17.6 Å². The fraction of sp³-hybridized carbons (Fsp3) is 0.889. The first-order valence-electron chi connectivity index (χ1n) is 9.52. The number of carbonyl (C=O) groups is 2. The minimum atomic E-state index is -2.77. The second kappa shape index (κ2) is 13.5. The SMILES string of the molecule is CCOC(=O)[C@@H]1CC(F)(F)CC[C@@H]1N.CCOC(=O)[C@H]1CC(F)(F)CC[C@H]1N.Cl.Cl. The standard InChI is InChI=1S/2C9H15F2NO2.2ClH/c2*1-2-14-8(13)6-5-9(10,11)4-3-7(6)12;;/h2*6-7H,2-5,12H2,1H3;2*1H/t2*6-,7+;;/m10../s1. The Balaban J connectivity index is 0. The van der Waals surface area contributed by atoms with Gasteiger partial charge in [-0.1, -0.05) is 0 Å². The quantitative estimate of drug-likeness (QED) is 0.465. The lowest BCUT2D eigenvalue weighted by molar-refractivity contribution is -0.156. The Morgan fingerprint density at radius 3 is 1.37 bits per heavy atom. The molecule has 180 valence electrons. The van der Waals surface area contributed by atoms with Crippen LogP contribution in [-0.4, -0.2) is 49.1 Å². The van der Waals surface area contributed by atoms with Gasteiger partial charge in [0, 0.05) is 37.8 Å². The Hall–Kier alpha value is -0.840. The largest absolute Gasteiger partial charge is 0.466 e. The lowest BCUT2D eigenvalue weighted by atomic mass is 9.83. The summed E-state index contributed by atoms with van der Waals surface area (Å²) in [5.74, 6) is -8.43. The molecule has 2 rings (SSSR count). The van der Waals surface area contributed by atoms with Crippen LogP contribution in [0.15, 0.2) is 0 Å². The van der Waals surface area contributed by atoms with Gasteiger partial charge >= 0.3 is 11.9 Å². The van der Waals surface area contributed by atoms with Crippen LogP contribution in [0, 0.1) is 11.8 Å². The minimum Gasteiger partial charge on any atom is -0.466 e. The van der Waals surface area contributed by atoms with E-state index in [1.54, 1.807) is 13.8 Å². The van der Waals surface area contributed by atoms with Crippen LogP contribution in [0.5, 0.6) is 0 Å². The monoisotopic (exact) mass is 486 g/mol. The molecule has 2 saturated carbocycles. The third-order valence-corrected chi connectivity index (χ3v) is 4.94. The topological polar surface area (TPSA) is 105 Å². The van der Waals surface area contributed by atoms with Crippen LogP contribution in [0.25, 0.3) is 0 Å². The van der Waals surface area contributed by atoms with Crippen molar-refractivity contribution in [3.63, 3.8) is 0 Å². The summed E-state index contributed by atoms with van der Waals surface area (Å²) in [7, 11) is 0. The third kappa shape index (κ3) is 9.98. The number of esters is 2. The zero-order valence-electron chi connectivity index (χ0n) is 17.1. The molecule has 0 bridgehead atoms. The van der Waals surface area contributed by atoms with E-state index in [0.717, 1.165) is 0 Å². The number of nitrogens with two attached hydrogens (primary N) is 2. The van der Waals surface area contributed by atoms with Gasteiger partial charge in [0.1, 0.15) is 0 Å². The normalized spacial score (nSPS) is 29.1. The molecule has 0 unspecified atom stereocenters. The molecule has 0 radical (unpaired) electrons. The molecule has 0 aromatic rings. The second-order valence-corrected chi connectivity index (χ2v) is 7.24. The Morgan fingerprint density at radius 1 is 0.800 bits per heavy atom. The van der Waals surface area contributed by atoms with Gasteiger partial charge in [0.15, 0.2) is 0 Å². The first-order chi connectivity index (χ1) is 12.9. The number of hydrogen-bond acceptors (Lipinski definition) is 6. The Labute approximate surface area is 186 Å². The minimum absolute atomic E-state index is 0. The average Bonchev–Trinajstić information content (AvgIpc) is 2.60. The predicted octanol–water partition coefficient (Wildman–Crippen LogP) is 3.47. The van der Waals surface area contributed by atoms with E-state index in [-0.39, 0.29) is 63.7 Å². The number of carbonyl (C=O) groups excluding carboxylic acids is 2. The van der Waals surface area contributed by atoms with Crippen LogP contribution in [0.3, 0.4) is 0 Å². The molecule has 4 N–H and O–H groups in total. The summed E-state index contributed by atoms with van der Waals surface area (Å²) in [5, 5.41) is 0. The third-order valence-electron chi connectivity index (χ3n) is 4.94. The van der Waals surface area contributed by atoms with Crippen molar-refractivity contribution in [1.29, 1.82) is 0 Å². The molecular weight excluding hydrogens is 455 g/mol. The highest BCUT2D eigenvalue weighted by atomic mass is 35.5. The molecule has 0 aromatic heterocycles. The highest BCUT2D eigenvalue weighted by Crippen LogP contribution is 2.37. The molecule has 0 aromatic carbocycles. The molecule has 2 aliphatic rings. The lowest BCUT2D eigenvalue weighted by Crippen LogP contribution is -2.45. The van der Waals surface area contributed by atoms with Crippen molar-refractivity contribution in [1.82, 2.24) is 0 Å². The molecule has 30 heavy (non-hydrogen) atoms. The molecule has 0 aliphatic heterocycles. The molecule has 12 heteroatoms. The summed E-state index contributed by atoms with van der Waals surface area (Å²) >= 11 is 0. The van der Waals surface area contributed by atoms with Crippen molar-refractivity contribution in [2.75, 3.05) is 13.2 Å². The molecule has 0 spiro atoms. The van der Waals surface area contributed by atoms with Crippen molar-refractivity contribution in [2.45, 2.75) is 76.3 Å². The summed E-state index contributed by atoms with van der Waals surface area (Å²) < 4.78 is 61.2. The summed E-state index contributed by atoms with van der Waals surface area (Å²) in [5.41, 5.74) is 11.2. The van der Waals surface area contributed by atoms with E-state index in [0.29, 0.717) is 0 Å². The maximum absolute atomic E-state index is 13.0. The summed E-state index contributed by atoms with van der Waals surface area (Å²) in [6, 6.07) is -0.984. The van der Waals surface area contributed by atoms with Crippen molar-refractivity contribution >= 4 is 36.8 Å². The van der Waals surface area contributed by atoms with Crippen LogP contribution in [0.2, 0.25) is 0 Å². The van der Waals surface area contributed by atoms with E-state index in [1.807, 2.05) is 0 Å². The van der Waals surface area contributed by atoms with E-state index in [4.69, 9.17) is 20.9 Å². The lowest BCUT2D eigenvalue weighted by Gasteiger charge is -2.32. The summed E-state index contributed by atoms with van der Waals surface area (Å²) in [6.45, 7) is 3.69. The molecule has 2 fully saturated rings. The number of alkyl halides is 4. The van der Waals surface area contributed by atoms with E-state index < -0.39 is 60.5 Å². The Morgan fingerprint density at radius 2 is 1.10 bits per heavy atom. The molecule has 0 amide bonds. The van der Waals surface area contributed by atoms with E-state index in [9.17, 15) is 27.2 Å². The molecular formula is C18H32Cl2F4N2O4. The Bertz CT molecular complexity index is 498. The molecule has 2 aliphatic carbocycles. The van der Waals surface area contributed by atoms with Gasteiger partial charge in [-0.05, 0) is 26.7 Å². The van der Waals surface area contributed by atoms with Crippen molar-refractivity contribution in [3.05, 3.63) is 0 Å². The highest BCUT2D eigenvalue weighted by molar-refractivity contribution is 5.85. The van der Waals surface area contributed by atoms with Gasteiger partial charge in [0.05, 0.1) is 25.0 Å². The van der Waals surface area contributed by atoms with Gasteiger partial charge in [0.25, 0.3) is 0 Å². The smallest absolute Gasteiger partial charge is 0.310 e. The second-order valence-electron chi connectivity index (χ2n) is 7.24. The number of rotatable bonds is 4. The number of ether oxygens (including phenoxy) is 2. The highest BCUT2D eigenvalue weighted by Gasteiger charge is 2.44. The molecule has 4 atom stereocenters. The van der Waals surface area contributed by atoms with Crippen LogP contribution in [0.1, 0.15) is 52.4 Å². The maximum Gasteiger partial charge on any atom is 0.310 e. The van der Waals surface area contributed by atoms with Gasteiger partial charge in [-0.3, -0.25) is 9.59 Å². The first-order valence-corrected chi connectivity index (χ1v) is 9.52. The number of hydrogen-bond donors (Lipinski definition) is 2. The number of halogens is 6. The molecule has 0 heterocycles. The molecule has 0 saturated heterocycles. The van der Waals surface area contributed by atoms with E-state index >= 15 is 0 Å².